The van der Waals surface area contributed by atoms with E-state index >= 15 is 0 Å². The second-order valence-electron chi connectivity index (χ2n) is 3.98. The summed E-state index contributed by atoms with van der Waals surface area (Å²) in [6, 6.07) is 10.3. The van der Waals surface area contributed by atoms with E-state index in [4.69, 9.17) is 0 Å². The van der Waals surface area contributed by atoms with Crippen LogP contribution < -0.4 is 4.80 Å². The van der Waals surface area contributed by atoms with Gasteiger partial charge in [0.2, 0.25) is 4.80 Å². The van der Waals surface area contributed by atoms with Crippen molar-refractivity contribution >= 4 is 17.0 Å². The highest BCUT2D eigenvalue weighted by Gasteiger charge is 2.03. The maximum absolute atomic E-state index is 4.22. The Labute approximate surface area is 105 Å². The molecular weight excluding hydrogens is 230 g/mol. The van der Waals surface area contributed by atoms with Crippen molar-refractivity contribution in [1.29, 1.82) is 0 Å². The second-order valence-corrected chi connectivity index (χ2v) is 4.81. The third-order valence-electron chi connectivity index (χ3n) is 2.33. The molecule has 0 saturated carbocycles. The molecule has 0 radical (unpaired) electrons. The van der Waals surface area contributed by atoms with Crippen LogP contribution in [0.5, 0.6) is 0 Å². The summed E-state index contributed by atoms with van der Waals surface area (Å²) in [5, 5.41) is 10.4. The van der Waals surface area contributed by atoms with Crippen LogP contribution in [0, 0.1) is 0 Å². The van der Waals surface area contributed by atoms with E-state index in [9.17, 15) is 0 Å². The molecule has 0 atom stereocenters. The zero-order chi connectivity index (χ0) is 12.3. The van der Waals surface area contributed by atoms with Gasteiger partial charge in [-0.1, -0.05) is 30.3 Å². The standard InChI is InChI=1S/C13H15N3S/c1-10(2)14-15-13-16(3)12(9-17-13)11-7-5-4-6-8-11/h4-9H,1-3H3/b15-13-. The van der Waals surface area contributed by atoms with Gasteiger partial charge < -0.3 is 4.57 Å². The zero-order valence-electron chi connectivity index (χ0n) is 10.2. The number of benzene rings is 1. The summed E-state index contributed by atoms with van der Waals surface area (Å²) in [7, 11) is 2.01. The SMILES string of the molecule is CC(C)=N/N=c1\scc(-c2ccccc2)n1C. The fourth-order valence-corrected chi connectivity index (χ4v) is 2.33. The van der Waals surface area contributed by atoms with Gasteiger partial charge in [-0.2, -0.15) is 5.10 Å². The topological polar surface area (TPSA) is 29.6 Å². The van der Waals surface area contributed by atoms with Gasteiger partial charge in [0, 0.05) is 18.1 Å². The van der Waals surface area contributed by atoms with Gasteiger partial charge in [-0.15, -0.1) is 16.4 Å². The Bertz CT molecular complexity index is 587. The van der Waals surface area contributed by atoms with Gasteiger partial charge in [0.05, 0.1) is 5.69 Å². The van der Waals surface area contributed by atoms with Gasteiger partial charge >= 0.3 is 0 Å². The summed E-state index contributed by atoms with van der Waals surface area (Å²) in [5.41, 5.74) is 3.32. The first-order valence-corrected chi connectivity index (χ1v) is 6.31. The van der Waals surface area contributed by atoms with Crippen LogP contribution >= 0.6 is 11.3 Å². The average molecular weight is 245 g/mol. The van der Waals surface area contributed by atoms with Crippen molar-refractivity contribution in [2.45, 2.75) is 13.8 Å². The summed E-state index contributed by atoms with van der Waals surface area (Å²) in [6.07, 6.45) is 0. The number of thiazole rings is 1. The van der Waals surface area contributed by atoms with Crippen LogP contribution in [0.25, 0.3) is 11.3 Å². The Morgan fingerprint density at radius 3 is 2.53 bits per heavy atom. The zero-order valence-corrected chi connectivity index (χ0v) is 11.0. The Morgan fingerprint density at radius 1 is 1.18 bits per heavy atom. The quantitative estimate of drug-likeness (QED) is 0.575. The molecule has 1 aromatic heterocycles. The lowest BCUT2D eigenvalue weighted by molar-refractivity contribution is 0.862. The van der Waals surface area contributed by atoms with Gasteiger partial charge in [-0.05, 0) is 19.4 Å². The molecule has 0 amide bonds. The molecule has 3 nitrogen and oxygen atoms in total. The lowest BCUT2D eigenvalue weighted by Gasteiger charge is -2.01. The van der Waals surface area contributed by atoms with E-state index in [0.717, 1.165) is 10.5 Å². The normalized spacial score (nSPS) is 11.6. The van der Waals surface area contributed by atoms with Crippen molar-refractivity contribution < 1.29 is 0 Å². The number of aromatic nitrogens is 1. The van der Waals surface area contributed by atoms with Gasteiger partial charge in [-0.3, -0.25) is 0 Å². The van der Waals surface area contributed by atoms with E-state index < -0.39 is 0 Å². The summed E-state index contributed by atoms with van der Waals surface area (Å²) in [6.45, 7) is 3.88. The molecule has 0 aliphatic carbocycles. The fourth-order valence-electron chi connectivity index (χ4n) is 1.47. The summed E-state index contributed by atoms with van der Waals surface area (Å²) in [5.74, 6) is 0. The van der Waals surface area contributed by atoms with Crippen LogP contribution in [0.4, 0.5) is 0 Å². The minimum atomic E-state index is 0.907. The molecule has 0 spiro atoms. The third-order valence-corrected chi connectivity index (χ3v) is 3.24. The van der Waals surface area contributed by atoms with Crippen LogP contribution in [0.15, 0.2) is 45.9 Å². The molecule has 1 aromatic carbocycles. The third kappa shape index (κ3) is 2.71. The van der Waals surface area contributed by atoms with Gasteiger partial charge in [0.1, 0.15) is 0 Å². The predicted octanol–water partition coefficient (Wildman–Crippen LogP) is 3.05. The minimum Gasteiger partial charge on any atom is -0.318 e. The highest BCUT2D eigenvalue weighted by atomic mass is 32.1. The van der Waals surface area contributed by atoms with E-state index in [-0.39, 0.29) is 0 Å². The minimum absolute atomic E-state index is 0.907. The van der Waals surface area contributed by atoms with E-state index in [1.54, 1.807) is 11.3 Å². The van der Waals surface area contributed by atoms with Crippen LogP contribution in [-0.4, -0.2) is 10.3 Å². The maximum atomic E-state index is 4.22. The highest BCUT2D eigenvalue weighted by molar-refractivity contribution is 7.07. The van der Waals surface area contributed by atoms with Gasteiger partial charge in [0.15, 0.2) is 0 Å². The summed E-state index contributed by atoms with van der Waals surface area (Å²) < 4.78 is 2.06. The number of hydrogen-bond donors (Lipinski definition) is 0. The Balaban J connectivity index is 2.47. The van der Waals surface area contributed by atoms with Crippen LogP contribution in [0.2, 0.25) is 0 Å². The Morgan fingerprint density at radius 2 is 1.88 bits per heavy atom. The summed E-state index contributed by atoms with van der Waals surface area (Å²) >= 11 is 1.60. The molecule has 0 bridgehead atoms. The molecule has 1 heterocycles. The second kappa shape index (κ2) is 5.10. The molecule has 17 heavy (non-hydrogen) atoms. The van der Waals surface area contributed by atoms with Gasteiger partial charge in [-0.25, -0.2) is 0 Å². The number of hydrogen-bond acceptors (Lipinski definition) is 3. The molecule has 88 valence electrons. The van der Waals surface area contributed by atoms with Crippen LogP contribution in [0.3, 0.4) is 0 Å². The van der Waals surface area contributed by atoms with Crippen molar-refractivity contribution in [1.82, 2.24) is 4.57 Å². The van der Waals surface area contributed by atoms with E-state index in [1.807, 2.05) is 39.1 Å². The van der Waals surface area contributed by atoms with Crippen molar-refractivity contribution in [2.24, 2.45) is 17.3 Å². The summed E-state index contributed by atoms with van der Waals surface area (Å²) in [4.78, 5) is 0.907. The van der Waals surface area contributed by atoms with Crippen molar-refractivity contribution in [3.05, 3.63) is 40.5 Å². The number of rotatable bonds is 2. The molecule has 2 rings (SSSR count). The van der Waals surface area contributed by atoms with Gasteiger partial charge in [0.25, 0.3) is 0 Å². The predicted molar refractivity (Wildman–Crippen MR) is 73.1 cm³/mol. The molecule has 0 aliphatic heterocycles. The first-order valence-electron chi connectivity index (χ1n) is 5.43. The monoisotopic (exact) mass is 245 g/mol. The Kier molecular flexibility index (Phi) is 3.54. The molecule has 2 aromatic rings. The fraction of sp³-hybridized carbons (Fsp3) is 0.231. The molecule has 4 heteroatoms. The Hall–Kier alpha value is -1.68. The lowest BCUT2D eigenvalue weighted by atomic mass is 10.2. The van der Waals surface area contributed by atoms with E-state index in [1.165, 1.54) is 11.3 Å². The van der Waals surface area contributed by atoms with Crippen LogP contribution in [0.1, 0.15) is 13.8 Å². The molecule has 0 aliphatic rings. The smallest absolute Gasteiger partial charge is 0.210 e. The average Bonchev–Trinajstić information content (AvgIpc) is 2.69. The van der Waals surface area contributed by atoms with Crippen molar-refractivity contribution in [3.63, 3.8) is 0 Å². The largest absolute Gasteiger partial charge is 0.318 e. The molecule has 0 fully saturated rings. The first-order chi connectivity index (χ1) is 8.18. The first kappa shape index (κ1) is 11.8. The molecular formula is C13H15N3S. The molecule has 0 N–H and O–H groups in total. The molecule has 0 saturated heterocycles. The van der Waals surface area contributed by atoms with E-state index in [2.05, 4.69) is 32.3 Å². The van der Waals surface area contributed by atoms with Crippen molar-refractivity contribution in [2.75, 3.05) is 0 Å². The van der Waals surface area contributed by atoms with Crippen molar-refractivity contribution in [3.8, 4) is 11.3 Å². The highest BCUT2D eigenvalue weighted by Crippen LogP contribution is 2.18. The maximum Gasteiger partial charge on any atom is 0.210 e. The van der Waals surface area contributed by atoms with Crippen LogP contribution in [-0.2, 0) is 7.05 Å². The van der Waals surface area contributed by atoms with E-state index in [0.29, 0.717) is 0 Å². The lowest BCUT2D eigenvalue weighted by Crippen LogP contribution is -2.10. The molecule has 0 unspecified atom stereocenters. The number of nitrogens with zero attached hydrogens (tertiary/aromatic N) is 3.